The van der Waals surface area contributed by atoms with Crippen LogP contribution in [0.3, 0.4) is 0 Å². The summed E-state index contributed by atoms with van der Waals surface area (Å²) in [5.74, 6) is 0.263. The fourth-order valence-corrected chi connectivity index (χ4v) is 2.46. The van der Waals surface area contributed by atoms with Crippen molar-refractivity contribution >= 4 is 46.1 Å². The van der Waals surface area contributed by atoms with Crippen molar-refractivity contribution in [3.05, 3.63) is 56.1 Å². The predicted octanol–water partition coefficient (Wildman–Crippen LogP) is 4.71. The van der Waals surface area contributed by atoms with Crippen molar-refractivity contribution in [2.45, 2.75) is 6.92 Å². The number of nitrogens with zero attached hydrogens (tertiary/aromatic N) is 1. The average molecular weight is 372 g/mol. The summed E-state index contributed by atoms with van der Waals surface area (Å²) in [5, 5.41) is 10.6. The molecule has 0 bridgehead atoms. The second-order valence-corrected chi connectivity index (χ2v) is 5.52. The van der Waals surface area contributed by atoms with Crippen LogP contribution in [0.1, 0.15) is 11.1 Å². The number of phenols is 1. The first kappa shape index (κ1) is 13.4. The molecular weight excluding hydrogens is 361 g/mol. The van der Waals surface area contributed by atoms with Crippen LogP contribution in [0.15, 0.2) is 41.4 Å². The van der Waals surface area contributed by atoms with Crippen molar-refractivity contribution in [2.24, 2.45) is 4.99 Å². The fourth-order valence-electron chi connectivity index (χ4n) is 1.53. The van der Waals surface area contributed by atoms with Crippen molar-refractivity contribution in [3.8, 4) is 5.75 Å². The monoisotopic (exact) mass is 371 g/mol. The molecule has 4 heteroatoms. The Balaban J connectivity index is 2.31. The van der Waals surface area contributed by atoms with E-state index in [1.54, 1.807) is 18.3 Å². The number of aromatic hydroxyl groups is 1. The number of aryl methyl sites for hydroxylation is 1. The number of benzene rings is 2. The van der Waals surface area contributed by atoms with E-state index in [4.69, 9.17) is 11.6 Å². The molecule has 0 aliphatic heterocycles. The lowest BCUT2D eigenvalue weighted by Crippen LogP contribution is -1.87. The highest BCUT2D eigenvalue weighted by Crippen LogP contribution is 2.25. The SMILES string of the molecule is Cc1cc(I)c(O)c(C=Nc2ccc(Cl)cc2)c1. The van der Waals surface area contributed by atoms with E-state index >= 15 is 0 Å². The lowest BCUT2D eigenvalue weighted by molar-refractivity contribution is 0.470. The maximum absolute atomic E-state index is 9.92. The van der Waals surface area contributed by atoms with Crippen molar-refractivity contribution in [3.63, 3.8) is 0 Å². The van der Waals surface area contributed by atoms with Gasteiger partial charge in [-0.3, -0.25) is 4.99 Å². The van der Waals surface area contributed by atoms with Gasteiger partial charge < -0.3 is 5.11 Å². The van der Waals surface area contributed by atoms with Crippen molar-refractivity contribution in [2.75, 3.05) is 0 Å². The maximum atomic E-state index is 9.92. The fraction of sp³-hybridized carbons (Fsp3) is 0.0714. The van der Waals surface area contributed by atoms with Gasteiger partial charge in [0.2, 0.25) is 0 Å². The highest BCUT2D eigenvalue weighted by atomic mass is 127. The number of aliphatic imine (C=N–C) groups is 1. The number of rotatable bonds is 2. The molecule has 0 amide bonds. The summed E-state index contributed by atoms with van der Waals surface area (Å²) in [5.41, 5.74) is 2.61. The van der Waals surface area contributed by atoms with E-state index in [1.807, 2.05) is 31.2 Å². The van der Waals surface area contributed by atoms with E-state index < -0.39 is 0 Å². The zero-order valence-electron chi connectivity index (χ0n) is 9.69. The van der Waals surface area contributed by atoms with E-state index in [2.05, 4.69) is 27.6 Å². The third-order valence-electron chi connectivity index (χ3n) is 2.42. The van der Waals surface area contributed by atoms with Crippen molar-refractivity contribution in [1.29, 1.82) is 0 Å². The van der Waals surface area contributed by atoms with Crippen LogP contribution < -0.4 is 0 Å². The molecular formula is C14H11ClINO. The van der Waals surface area contributed by atoms with Gasteiger partial charge in [-0.2, -0.15) is 0 Å². The quantitative estimate of drug-likeness (QED) is 0.602. The first-order chi connectivity index (χ1) is 8.56. The van der Waals surface area contributed by atoms with E-state index in [-0.39, 0.29) is 5.75 Å². The number of halogens is 2. The van der Waals surface area contributed by atoms with Gasteiger partial charge in [0.05, 0.1) is 9.26 Å². The first-order valence-corrected chi connectivity index (χ1v) is 6.80. The number of phenolic OH excluding ortho intramolecular Hbond substituents is 1. The predicted molar refractivity (Wildman–Crippen MR) is 84.3 cm³/mol. The zero-order chi connectivity index (χ0) is 13.1. The van der Waals surface area contributed by atoms with Gasteiger partial charge in [-0.25, -0.2) is 0 Å². The Morgan fingerprint density at radius 2 is 1.89 bits per heavy atom. The first-order valence-electron chi connectivity index (χ1n) is 5.35. The highest BCUT2D eigenvalue weighted by molar-refractivity contribution is 14.1. The Labute approximate surface area is 124 Å². The van der Waals surface area contributed by atoms with E-state index in [0.29, 0.717) is 10.6 Å². The molecule has 2 nitrogen and oxygen atoms in total. The van der Waals surface area contributed by atoms with Gasteiger partial charge >= 0.3 is 0 Å². The van der Waals surface area contributed by atoms with Gasteiger partial charge in [0, 0.05) is 16.8 Å². The standard InChI is InChI=1S/C14H11ClINO/c1-9-6-10(14(18)13(16)7-9)8-17-12-4-2-11(15)3-5-12/h2-8,18H,1H3. The van der Waals surface area contributed by atoms with E-state index in [0.717, 1.165) is 14.8 Å². The minimum Gasteiger partial charge on any atom is -0.506 e. The lowest BCUT2D eigenvalue weighted by Gasteiger charge is -2.03. The molecule has 0 aliphatic carbocycles. The molecule has 0 fully saturated rings. The topological polar surface area (TPSA) is 32.6 Å². The smallest absolute Gasteiger partial charge is 0.137 e. The number of hydrogen-bond donors (Lipinski definition) is 1. The van der Waals surface area contributed by atoms with Gasteiger partial charge in [-0.1, -0.05) is 11.6 Å². The highest BCUT2D eigenvalue weighted by Gasteiger charge is 2.04. The van der Waals surface area contributed by atoms with Crippen molar-refractivity contribution < 1.29 is 5.11 Å². The summed E-state index contributed by atoms with van der Waals surface area (Å²) < 4.78 is 0.824. The minimum absolute atomic E-state index is 0.263. The van der Waals surface area contributed by atoms with Gasteiger partial charge in [0.15, 0.2) is 0 Å². The third-order valence-corrected chi connectivity index (χ3v) is 3.49. The molecule has 0 saturated heterocycles. The largest absolute Gasteiger partial charge is 0.506 e. The molecule has 0 aliphatic rings. The molecule has 18 heavy (non-hydrogen) atoms. The Morgan fingerprint density at radius 3 is 2.56 bits per heavy atom. The van der Waals surface area contributed by atoms with Crippen LogP contribution in [0.4, 0.5) is 5.69 Å². The molecule has 0 unspecified atom stereocenters. The van der Waals surface area contributed by atoms with Crippen LogP contribution in [0, 0.1) is 10.5 Å². The molecule has 2 rings (SSSR count). The Hall–Kier alpha value is -1.07. The van der Waals surface area contributed by atoms with Gasteiger partial charge in [-0.15, -0.1) is 0 Å². The van der Waals surface area contributed by atoms with Gasteiger partial charge in [-0.05, 0) is 71.5 Å². The minimum atomic E-state index is 0.263. The molecule has 0 saturated carbocycles. The van der Waals surface area contributed by atoms with E-state index in [9.17, 15) is 5.11 Å². The second-order valence-electron chi connectivity index (χ2n) is 3.92. The summed E-state index contributed by atoms with van der Waals surface area (Å²) in [4.78, 5) is 4.31. The van der Waals surface area contributed by atoms with E-state index in [1.165, 1.54) is 0 Å². The summed E-state index contributed by atoms with van der Waals surface area (Å²) in [6.07, 6.45) is 1.66. The molecule has 92 valence electrons. The third kappa shape index (κ3) is 3.23. The zero-order valence-corrected chi connectivity index (χ0v) is 12.6. The number of hydrogen-bond acceptors (Lipinski definition) is 2. The molecule has 2 aromatic carbocycles. The molecule has 0 aromatic heterocycles. The Kier molecular flexibility index (Phi) is 4.24. The Bertz CT molecular complexity index is 593. The molecule has 1 N–H and O–H groups in total. The van der Waals surface area contributed by atoms with Crippen LogP contribution in [0.2, 0.25) is 5.02 Å². The van der Waals surface area contributed by atoms with Crippen LogP contribution in [0.5, 0.6) is 5.75 Å². The van der Waals surface area contributed by atoms with Crippen LogP contribution >= 0.6 is 34.2 Å². The average Bonchev–Trinajstić information content (AvgIpc) is 2.34. The molecule has 0 atom stereocenters. The maximum Gasteiger partial charge on any atom is 0.137 e. The molecule has 0 spiro atoms. The normalized spacial score (nSPS) is 11.1. The van der Waals surface area contributed by atoms with Gasteiger partial charge in [0.1, 0.15) is 5.75 Å². The molecule has 0 heterocycles. The van der Waals surface area contributed by atoms with Gasteiger partial charge in [0.25, 0.3) is 0 Å². The summed E-state index contributed by atoms with van der Waals surface area (Å²) in [7, 11) is 0. The summed E-state index contributed by atoms with van der Waals surface area (Å²) in [6, 6.07) is 11.1. The Morgan fingerprint density at radius 1 is 1.22 bits per heavy atom. The molecule has 2 aromatic rings. The lowest BCUT2D eigenvalue weighted by atomic mass is 10.1. The summed E-state index contributed by atoms with van der Waals surface area (Å²) >= 11 is 7.91. The van der Waals surface area contributed by atoms with Crippen LogP contribution in [-0.2, 0) is 0 Å². The second kappa shape index (κ2) is 5.71. The molecule has 0 radical (unpaired) electrons. The van der Waals surface area contributed by atoms with Crippen LogP contribution in [0.25, 0.3) is 0 Å². The van der Waals surface area contributed by atoms with Crippen LogP contribution in [-0.4, -0.2) is 11.3 Å². The summed E-state index contributed by atoms with van der Waals surface area (Å²) in [6.45, 7) is 1.99. The van der Waals surface area contributed by atoms with Crippen molar-refractivity contribution in [1.82, 2.24) is 0 Å².